The van der Waals surface area contributed by atoms with Crippen LogP contribution in [0, 0.1) is 12.8 Å². The Morgan fingerprint density at radius 1 is 1.19 bits per heavy atom. The van der Waals surface area contributed by atoms with Gasteiger partial charge in [0, 0.05) is 25.2 Å². The van der Waals surface area contributed by atoms with Crippen molar-refractivity contribution in [2.75, 3.05) is 6.54 Å². The van der Waals surface area contributed by atoms with Crippen LogP contribution >= 0.6 is 0 Å². The SMILES string of the molecule is CC1CCCNC1=O.CCc1ccc(CNC(=O)C(F)(F)c2ccc(C)cn2)cc1CC. The van der Waals surface area contributed by atoms with E-state index in [1.165, 1.54) is 29.5 Å². The quantitative estimate of drug-likeness (QED) is 0.690. The molecule has 0 bridgehead atoms. The number of aromatic nitrogens is 1. The van der Waals surface area contributed by atoms with Crippen LogP contribution in [0.15, 0.2) is 36.5 Å². The molecule has 1 atom stereocenters. The van der Waals surface area contributed by atoms with E-state index in [-0.39, 0.29) is 18.4 Å². The lowest BCUT2D eigenvalue weighted by atomic mass is 10.00. The maximum Gasteiger partial charge on any atom is 0.366 e. The smallest absolute Gasteiger partial charge is 0.356 e. The number of aryl methyl sites for hydroxylation is 3. The number of nitrogens with one attached hydrogen (secondary N) is 2. The van der Waals surface area contributed by atoms with Gasteiger partial charge in [-0.05, 0) is 60.9 Å². The third-order valence-electron chi connectivity index (χ3n) is 5.56. The number of benzene rings is 1. The molecule has 1 unspecified atom stereocenters. The average molecular weight is 446 g/mol. The standard InChI is InChI=1S/C19H22F2N2O.C6H11NO/c1-4-15-8-7-14(10-16(15)5-2)12-23-18(24)19(20,21)17-9-6-13(3)11-22-17;1-5-3-2-4-7-6(5)8/h6-11H,4-5,12H2,1-3H3,(H,23,24);5H,2-4H2,1H3,(H,7,8). The molecule has 0 aliphatic carbocycles. The van der Waals surface area contributed by atoms with Crippen molar-refractivity contribution in [2.45, 2.75) is 65.8 Å². The lowest BCUT2D eigenvalue weighted by molar-refractivity contribution is -0.147. The molecule has 7 heteroatoms. The summed E-state index contributed by atoms with van der Waals surface area (Å²) in [6.45, 7) is 8.79. The van der Waals surface area contributed by atoms with Gasteiger partial charge in [0.05, 0.1) is 0 Å². The van der Waals surface area contributed by atoms with Gasteiger partial charge in [0.25, 0.3) is 5.91 Å². The van der Waals surface area contributed by atoms with Crippen molar-refractivity contribution in [1.82, 2.24) is 15.6 Å². The number of pyridine rings is 1. The molecule has 174 valence electrons. The minimum absolute atomic E-state index is 0.0667. The summed E-state index contributed by atoms with van der Waals surface area (Å²) in [6.07, 6.45) is 5.33. The number of nitrogens with zero attached hydrogens (tertiary/aromatic N) is 1. The van der Waals surface area contributed by atoms with Crippen LogP contribution in [0.3, 0.4) is 0 Å². The lowest BCUT2D eigenvalue weighted by Crippen LogP contribution is -2.38. The molecule has 1 aromatic carbocycles. The molecule has 0 radical (unpaired) electrons. The first-order valence-corrected chi connectivity index (χ1v) is 11.2. The number of hydrogen-bond acceptors (Lipinski definition) is 3. The molecular formula is C25H33F2N3O2. The molecule has 0 spiro atoms. The largest absolute Gasteiger partial charge is 0.366 e. The summed E-state index contributed by atoms with van der Waals surface area (Å²) in [5.41, 5.74) is 3.45. The summed E-state index contributed by atoms with van der Waals surface area (Å²) in [6, 6.07) is 8.50. The predicted molar refractivity (Wildman–Crippen MR) is 121 cm³/mol. The maximum absolute atomic E-state index is 14.2. The van der Waals surface area contributed by atoms with Gasteiger partial charge in [-0.2, -0.15) is 8.78 Å². The Hall–Kier alpha value is -2.83. The number of hydrogen-bond donors (Lipinski definition) is 2. The summed E-state index contributed by atoms with van der Waals surface area (Å²) < 4.78 is 28.3. The van der Waals surface area contributed by atoms with E-state index in [9.17, 15) is 18.4 Å². The predicted octanol–water partition coefficient (Wildman–Crippen LogP) is 4.46. The molecule has 2 aromatic rings. The van der Waals surface area contributed by atoms with E-state index in [4.69, 9.17) is 0 Å². The minimum atomic E-state index is -3.65. The second-order valence-electron chi connectivity index (χ2n) is 8.12. The van der Waals surface area contributed by atoms with Crippen molar-refractivity contribution in [2.24, 2.45) is 5.92 Å². The van der Waals surface area contributed by atoms with Gasteiger partial charge in [0.1, 0.15) is 5.69 Å². The molecule has 1 aliphatic heterocycles. The summed E-state index contributed by atoms with van der Waals surface area (Å²) >= 11 is 0. The minimum Gasteiger partial charge on any atom is -0.356 e. The summed E-state index contributed by atoms with van der Waals surface area (Å²) in [5, 5.41) is 5.11. The molecule has 5 nitrogen and oxygen atoms in total. The molecular weight excluding hydrogens is 412 g/mol. The fourth-order valence-corrected chi connectivity index (χ4v) is 3.45. The van der Waals surface area contributed by atoms with Gasteiger partial charge in [-0.1, -0.05) is 45.0 Å². The van der Waals surface area contributed by atoms with Crippen LogP contribution in [0.25, 0.3) is 0 Å². The number of halogens is 2. The normalized spacial score (nSPS) is 15.9. The number of rotatable bonds is 6. The first kappa shape index (κ1) is 25.4. The zero-order chi connectivity index (χ0) is 23.7. The van der Waals surface area contributed by atoms with Crippen LogP contribution < -0.4 is 10.6 Å². The second-order valence-corrected chi connectivity index (χ2v) is 8.12. The van der Waals surface area contributed by atoms with Crippen LogP contribution in [0.1, 0.15) is 61.6 Å². The summed E-state index contributed by atoms with van der Waals surface area (Å²) in [7, 11) is 0. The Balaban J connectivity index is 0.000000380. The van der Waals surface area contributed by atoms with E-state index in [2.05, 4.69) is 22.5 Å². The first-order valence-electron chi connectivity index (χ1n) is 11.2. The van der Waals surface area contributed by atoms with Crippen molar-refractivity contribution in [3.63, 3.8) is 0 Å². The fourth-order valence-electron chi connectivity index (χ4n) is 3.45. The third-order valence-corrected chi connectivity index (χ3v) is 5.56. The van der Waals surface area contributed by atoms with E-state index < -0.39 is 17.5 Å². The molecule has 2 heterocycles. The van der Waals surface area contributed by atoms with Gasteiger partial charge in [-0.3, -0.25) is 14.6 Å². The van der Waals surface area contributed by atoms with Crippen LogP contribution in [-0.4, -0.2) is 23.3 Å². The number of piperidine rings is 1. The highest BCUT2D eigenvalue weighted by Gasteiger charge is 2.42. The monoisotopic (exact) mass is 445 g/mol. The van der Waals surface area contributed by atoms with Gasteiger partial charge >= 0.3 is 5.92 Å². The number of carbonyl (C=O) groups excluding carboxylic acids is 2. The second kappa shape index (κ2) is 11.7. The molecule has 2 N–H and O–H groups in total. The Morgan fingerprint density at radius 2 is 1.91 bits per heavy atom. The van der Waals surface area contributed by atoms with Gasteiger partial charge in [-0.15, -0.1) is 0 Å². The van der Waals surface area contributed by atoms with Crippen molar-refractivity contribution in [3.05, 3.63) is 64.5 Å². The zero-order valence-corrected chi connectivity index (χ0v) is 19.3. The van der Waals surface area contributed by atoms with E-state index in [0.717, 1.165) is 43.4 Å². The number of alkyl halides is 2. The van der Waals surface area contributed by atoms with Gasteiger partial charge in [0.2, 0.25) is 5.91 Å². The highest BCUT2D eigenvalue weighted by atomic mass is 19.3. The fraction of sp³-hybridized carbons (Fsp3) is 0.480. The van der Waals surface area contributed by atoms with Gasteiger partial charge in [0.15, 0.2) is 0 Å². The van der Waals surface area contributed by atoms with Gasteiger partial charge < -0.3 is 10.6 Å². The summed E-state index contributed by atoms with van der Waals surface area (Å²) in [4.78, 5) is 26.2. The third kappa shape index (κ3) is 6.84. The highest BCUT2D eigenvalue weighted by molar-refractivity contribution is 5.84. The van der Waals surface area contributed by atoms with Crippen molar-refractivity contribution in [3.8, 4) is 0 Å². The topological polar surface area (TPSA) is 71.1 Å². The molecule has 1 saturated heterocycles. The Labute approximate surface area is 189 Å². The molecule has 2 amide bonds. The Morgan fingerprint density at radius 3 is 2.44 bits per heavy atom. The van der Waals surface area contributed by atoms with Gasteiger partial charge in [-0.25, -0.2) is 0 Å². The van der Waals surface area contributed by atoms with Crippen LogP contribution in [0.4, 0.5) is 8.78 Å². The summed E-state index contributed by atoms with van der Waals surface area (Å²) in [5.74, 6) is -4.51. The van der Waals surface area contributed by atoms with E-state index in [1.54, 1.807) is 6.92 Å². The number of amides is 2. The van der Waals surface area contributed by atoms with Crippen molar-refractivity contribution in [1.29, 1.82) is 0 Å². The Bertz CT molecular complexity index is 914. The molecule has 3 rings (SSSR count). The van der Waals surface area contributed by atoms with E-state index in [0.29, 0.717) is 0 Å². The van der Waals surface area contributed by atoms with Crippen molar-refractivity contribution < 1.29 is 18.4 Å². The molecule has 1 aromatic heterocycles. The number of carbonyl (C=O) groups is 2. The van der Waals surface area contributed by atoms with E-state index >= 15 is 0 Å². The lowest BCUT2D eigenvalue weighted by Gasteiger charge is -2.16. The molecule has 1 aliphatic rings. The highest BCUT2D eigenvalue weighted by Crippen LogP contribution is 2.26. The average Bonchev–Trinajstić information content (AvgIpc) is 2.79. The molecule has 0 saturated carbocycles. The van der Waals surface area contributed by atoms with Crippen LogP contribution in [0.5, 0.6) is 0 Å². The first-order chi connectivity index (χ1) is 15.2. The molecule has 1 fully saturated rings. The molecule has 32 heavy (non-hydrogen) atoms. The van der Waals surface area contributed by atoms with E-state index in [1.807, 2.05) is 32.0 Å². The van der Waals surface area contributed by atoms with Crippen LogP contribution in [-0.2, 0) is 34.9 Å². The van der Waals surface area contributed by atoms with Crippen LogP contribution in [0.2, 0.25) is 0 Å². The Kier molecular flexibility index (Phi) is 9.29. The zero-order valence-electron chi connectivity index (χ0n) is 19.3. The van der Waals surface area contributed by atoms with Crippen molar-refractivity contribution >= 4 is 11.8 Å². The maximum atomic E-state index is 14.2.